The van der Waals surface area contributed by atoms with Crippen molar-refractivity contribution in [2.75, 3.05) is 45.0 Å². The first-order chi connectivity index (χ1) is 13.4. The van der Waals surface area contributed by atoms with Gasteiger partial charge in [0.15, 0.2) is 6.61 Å². The number of carbonyl (C=O) groups excluding carboxylic acids is 2. The summed E-state index contributed by atoms with van der Waals surface area (Å²) in [7, 11) is 2.69. The van der Waals surface area contributed by atoms with Gasteiger partial charge in [0, 0.05) is 28.2 Å². The number of carbonyl (C=O) groups is 2. The van der Waals surface area contributed by atoms with Gasteiger partial charge in [-0.3, -0.25) is 4.79 Å². The Labute approximate surface area is 170 Å². The fourth-order valence-electron chi connectivity index (χ4n) is 2.61. The van der Waals surface area contributed by atoms with Crippen molar-refractivity contribution in [3.63, 3.8) is 0 Å². The van der Waals surface area contributed by atoms with Crippen molar-refractivity contribution in [2.45, 2.75) is 18.7 Å². The van der Waals surface area contributed by atoms with E-state index in [0.717, 1.165) is 4.31 Å². The number of esters is 1. The summed E-state index contributed by atoms with van der Waals surface area (Å²) in [5, 5.41) is 2.61. The van der Waals surface area contributed by atoms with Crippen LogP contribution in [0.25, 0.3) is 0 Å². The molecule has 0 aliphatic heterocycles. The summed E-state index contributed by atoms with van der Waals surface area (Å²) in [6.45, 7) is 2.80. The molecule has 2 aromatic rings. The molecular formula is C19H25N3O6S. The summed E-state index contributed by atoms with van der Waals surface area (Å²) in [4.78, 5) is 26.2. The molecule has 1 aromatic carbocycles. The lowest BCUT2D eigenvalue weighted by atomic mass is 10.2. The van der Waals surface area contributed by atoms with Crippen LogP contribution in [0.3, 0.4) is 0 Å². The summed E-state index contributed by atoms with van der Waals surface area (Å²) < 4.78 is 36.2. The van der Waals surface area contributed by atoms with Crippen LogP contribution in [0.2, 0.25) is 0 Å². The Balaban J connectivity index is 2.17. The highest BCUT2D eigenvalue weighted by molar-refractivity contribution is 7.89. The molecule has 2 rings (SSSR count). The molecule has 0 aliphatic rings. The Morgan fingerprint density at radius 2 is 1.76 bits per heavy atom. The number of ether oxygens (including phenoxy) is 1. The second kappa shape index (κ2) is 8.66. The van der Waals surface area contributed by atoms with Crippen molar-refractivity contribution < 1.29 is 27.2 Å². The minimum Gasteiger partial charge on any atom is -0.466 e. The number of anilines is 2. The van der Waals surface area contributed by atoms with Gasteiger partial charge in [-0.05, 0) is 38.1 Å². The summed E-state index contributed by atoms with van der Waals surface area (Å²) in [5.41, 5.74) is 1.14. The second-order valence-electron chi connectivity index (χ2n) is 6.81. The van der Waals surface area contributed by atoms with Crippen LogP contribution in [-0.2, 0) is 19.6 Å². The molecule has 0 saturated carbocycles. The Hall–Kier alpha value is -2.85. The van der Waals surface area contributed by atoms with Gasteiger partial charge in [-0.25, -0.2) is 17.5 Å². The van der Waals surface area contributed by atoms with Crippen LogP contribution in [0.5, 0.6) is 0 Å². The molecule has 0 fully saturated rings. The molecule has 1 heterocycles. The fraction of sp³-hybridized carbons (Fsp3) is 0.368. The fourth-order valence-corrected chi connectivity index (χ4v) is 3.53. The topological polar surface area (TPSA) is 109 Å². The van der Waals surface area contributed by atoms with E-state index in [0.29, 0.717) is 17.2 Å². The van der Waals surface area contributed by atoms with E-state index in [9.17, 15) is 18.0 Å². The van der Waals surface area contributed by atoms with Crippen molar-refractivity contribution in [1.29, 1.82) is 0 Å². The summed E-state index contributed by atoms with van der Waals surface area (Å²) >= 11 is 0. The minimum atomic E-state index is -3.67. The predicted octanol–water partition coefficient (Wildman–Crippen LogP) is 2.01. The molecule has 1 N–H and O–H groups in total. The molecule has 0 saturated heterocycles. The molecule has 10 heteroatoms. The van der Waals surface area contributed by atoms with Crippen molar-refractivity contribution >= 4 is 33.3 Å². The van der Waals surface area contributed by atoms with Gasteiger partial charge < -0.3 is 19.4 Å². The lowest BCUT2D eigenvalue weighted by molar-refractivity contribution is -0.119. The van der Waals surface area contributed by atoms with Crippen LogP contribution < -0.4 is 10.2 Å². The third-order valence-electron chi connectivity index (χ3n) is 4.10. The second-order valence-corrected chi connectivity index (χ2v) is 8.96. The zero-order valence-electron chi connectivity index (χ0n) is 17.3. The number of nitrogens with one attached hydrogen (secondary N) is 1. The monoisotopic (exact) mass is 423 g/mol. The number of furan rings is 1. The van der Waals surface area contributed by atoms with Crippen LogP contribution in [0.15, 0.2) is 33.6 Å². The van der Waals surface area contributed by atoms with Gasteiger partial charge in [0.1, 0.15) is 17.1 Å². The maximum absolute atomic E-state index is 12.4. The smallest absolute Gasteiger partial charge is 0.342 e. The van der Waals surface area contributed by atoms with Gasteiger partial charge in [-0.2, -0.15) is 0 Å². The highest BCUT2D eigenvalue weighted by Crippen LogP contribution is 2.28. The van der Waals surface area contributed by atoms with Crippen molar-refractivity contribution in [1.82, 2.24) is 4.31 Å². The quantitative estimate of drug-likeness (QED) is 0.679. The predicted molar refractivity (Wildman–Crippen MR) is 109 cm³/mol. The number of nitrogens with zero attached hydrogens (tertiary/aromatic N) is 2. The summed E-state index contributed by atoms with van der Waals surface area (Å²) in [5.74, 6) is -0.303. The van der Waals surface area contributed by atoms with E-state index < -0.39 is 28.5 Å². The molecule has 0 atom stereocenters. The largest absolute Gasteiger partial charge is 0.466 e. The van der Waals surface area contributed by atoms with E-state index in [-0.39, 0.29) is 16.1 Å². The third-order valence-corrected chi connectivity index (χ3v) is 5.91. The van der Waals surface area contributed by atoms with E-state index in [2.05, 4.69) is 5.32 Å². The van der Waals surface area contributed by atoms with Crippen molar-refractivity contribution in [3.8, 4) is 0 Å². The SMILES string of the molecule is Cc1cc(C(=O)OCC(=O)Nc2cc(S(=O)(=O)N(C)C)ccc2N(C)C)c(C)o1. The molecule has 9 nitrogen and oxygen atoms in total. The molecular weight excluding hydrogens is 398 g/mol. The van der Waals surface area contributed by atoms with Gasteiger partial charge >= 0.3 is 5.97 Å². The Kier molecular flexibility index (Phi) is 6.70. The Bertz CT molecular complexity index is 1020. The molecule has 0 unspecified atom stereocenters. The maximum Gasteiger partial charge on any atom is 0.342 e. The Morgan fingerprint density at radius 3 is 2.28 bits per heavy atom. The summed E-state index contributed by atoms with van der Waals surface area (Å²) in [6, 6.07) is 5.96. The van der Waals surface area contributed by atoms with Gasteiger partial charge in [0.05, 0.1) is 16.3 Å². The van der Waals surface area contributed by atoms with E-state index in [1.165, 1.54) is 32.3 Å². The molecule has 1 aromatic heterocycles. The molecule has 0 aliphatic carbocycles. The number of sulfonamides is 1. The number of benzene rings is 1. The maximum atomic E-state index is 12.4. The molecule has 158 valence electrons. The minimum absolute atomic E-state index is 0.0323. The van der Waals surface area contributed by atoms with Crippen LogP contribution in [0, 0.1) is 13.8 Å². The number of hydrogen-bond acceptors (Lipinski definition) is 7. The lowest BCUT2D eigenvalue weighted by Gasteiger charge is -2.20. The molecule has 29 heavy (non-hydrogen) atoms. The normalized spacial score (nSPS) is 11.4. The Morgan fingerprint density at radius 1 is 1.10 bits per heavy atom. The number of hydrogen-bond donors (Lipinski definition) is 1. The highest BCUT2D eigenvalue weighted by Gasteiger charge is 2.21. The average Bonchev–Trinajstić information content (AvgIpc) is 2.97. The summed E-state index contributed by atoms with van der Waals surface area (Å²) in [6.07, 6.45) is 0. The van der Waals surface area contributed by atoms with Crippen LogP contribution in [-0.4, -0.2) is 59.4 Å². The van der Waals surface area contributed by atoms with E-state index in [4.69, 9.17) is 9.15 Å². The highest BCUT2D eigenvalue weighted by atomic mass is 32.2. The zero-order chi connectivity index (χ0) is 21.9. The first-order valence-electron chi connectivity index (χ1n) is 8.71. The van der Waals surface area contributed by atoms with Crippen LogP contribution in [0.4, 0.5) is 11.4 Å². The molecule has 0 radical (unpaired) electrons. The standard InChI is InChI=1S/C19H25N3O6S/c1-12-9-15(13(2)28-12)19(24)27-11-18(23)20-16-10-14(29(25,26)22(5)6)7-8-17(16)21(3)4/h7-10H,11H2,1-6H3,(H,20,23). The number of aryl methyl sites for hydroxylation is 2. The zero-order valence-corrected chi connectivity index (χ0v) is 18.1. The first kappa shape index (κ1) is 22.4. The van der Waals surface area contributed by atoms with Gasteiger partial charge in [-0.15, -0.1) is 0 Å². The van der Waals surface area contributed by atoms with Gasteiger partial charge in [-0.1, -0.05) is 0 Å². The number of rotatable bonds is 7. The van der Waals surface area contributed by atoms with Crippen molar-refractivity contribution in [2.24, 2.45) is 0 Å². The molecule has 0 bridgehead atoms. The molecule has 0 spiro atoms. The lowest BCUT2D eigenvalue weighted by Crippen LogP contribution is -2.24. The van der Waals surface area contributed by atoms with E-state index >= 15 is 0 Å². The number of amides is 1. The first-order valence-corrected chi connectivity index (χ1v) is 10.2. The van der Waals surface area contributed by atoms with E-state index in [1.807, 2.05) is 0 Å². The van der Waals surface area contributed by atoms with Gasteiger partial charge in [0.2, 0.25) is 10.0 Å². The van der Waals surface area contributed by atoms with Crippen molar-refractivity contribution in [3.05, 3.63) is 41.3 Å². The third kappa shape index (κ3) is 5.15. The average molecular weight is 423 g/mol. The van der Waals surface area contributed by atoms with Crippen LogP contribution >= 0.6 is 0 Å². The van der Waals surface area contributed by atoms with Gasteiger partial charge in [0.25, 0.3) is 5.91 Å². The molecule has 1 amide bonds. The van der Waals surface area contributed by atoms with Crippen LogP contribution in [0.1, 0.15) is 21.9 Å². The van der Waals surface area contributed by atoms with E-state index in [1.54, 1.807) is 38.9 Å².